The molecule has 0 aliphatic rings. The van der Waals surface area contributed by atoms with Crippen LogP contribution in [0.1, 0.15) is 28.5 Å². The summed E-state index contributed by atoms with van der Waals surface area (Å²) in [7, 11) is 1.80. The van der Waals surface area contributed by atoms with E-state index in [9.17, 15) is 4.79 Å². The highest BCUT2D eigenvalue weighted by molar-refractivity contribution is 6.04. The van der Waals surface area contributed by atoms with Crippen LogP contribution in [0.3, 0.4) is 0 Å². The lowest BCUT2D eigenvalue weighted by Gasteiger charge is -2.04. The second-order valence-corrected chi connectivity index (χ2v) is 4.51. The van der Waals surface area contributed by atoms with E-state index in [0.29, 0.717) is 17.7 Å². The maximum atomic E-state index is 12.2. The molecule has 0 saturated carbocycles. The fourth-order valence-corrected chi connectivity index (χ4v) is 1.96. The Morgan fingerprint density at radius 3 is 2.71 bits per heavy atom. The van der Waals surface area contributed by atoms with E-state index in [1.807, 2.05) is 6.92 Å². The van der Waals surface area contributed by atoms with E-state index in [0.717, 1.165) is 11.3 Å². The van der Waals surface area contributed by atoms with Gasteiger partial charge >= 0.3 is 0 Å². The molecule has 21 heavy (non-hydrogen) atoms. The number of carbonyl (C=O) groups is 1. The average Bonchev–Trinajstić information content (AvgIpc) is 2.88. The van der Waals surface area contributed by atoms with Gasteiger partial charge in [0, 0.05) is 24.5 Å². The second kappa shape index (κ2) is 6.73. The Balaban J connectivity index is 2.12. The number of aryl methyl sites for hydroxylation is 2. The molecule has 0 unspecified atom stereocenters. The maximum absolute atomic E-state index is 12.2. The van der Waals surface area contributed by atoms with Crippen molar-refractivity contribution in [3.63, 3.8) is 0 Å². The predicted octanol–water partition coefficient (Wildman–Crippen LogP) is 1.58. The second-order valence-electron chi connectivity index (χ2n) is 4.51. The van der Waals surface area contributed by atoms with E-state index in [1.165, 1.54) is 0 Å². The van der Waals surface area contributed by atoms with Crippen molar-refractivity contribution in [2.45, 2.75) is 13.3 Å². The van der Waals surface area contributed by atoms with Gasteiger partial charge < -0.3 is 10.4 Å². The van der Waals surface area contributed by atoms with Crippen LogP contribution in [0, 0.1) is 11.8 Å². The molecule has 108 valence electrons. The highest BCUT2D eigenvalue weighted by Crippen LogP contribution is 2.13. The molecule has 1 amide bonds. The minimum absolute atomic E-state index is 0.167. The monoisotopic (exact) mass is 283 g/mol. The van der Waals surface area contributed by atoms with Crippen LogP contribution in [0.5, 0.6) is 0 Å². The summed E-state index contributed by atoms with van der Waals surface area (Å²) in [4.78, 5) is 12.2. The molecule has 2 aromatic rings. The number of nitrogens with one attached hydrogen (secondary N) is 1. The molecular weight excluding hydrogens is 266 g/mol. The minimum Gasteiger partial charge on any atom is -0.384 e. The Morgan fingerprint density at radius 2 is 2.10 bits per heavy atom. The standard InChI is InChI=1S/C16H17N3O2/c1-3-15-14(11-19(2)18-15)16(21)17-13-8-6-12(7-9-13)5-4-10-20/h6-9,11,20H,3,10H2,1-2H3,(H,17,21). The number of carbonyl (C=O) groups excluding carboxylic acids is 1. The number of hydrogen-bond acceptors (Lipinski definition) is 3. The molecule has 0 saturated heterocycles. The van der Waals surface area contributed by atoms with Gasteiger partial charge in [-0.2, -0.15) is 5.10 Å². The lowest BCUT2D eigenvalue weighted by molar-refractivity contribution is 0.102. The van der Waals surface area contributed by atoms with Crippen LogP contribution in [0.4, 0.5) is 5.69 Å². The van der Waals surface area contributed by atoms with E-state index >= 15 is 0 Å². The van der Waals surface area contributed by atoms with E-state index in [4.69, 9.17) is 5.11 Å². The molecule has 1 aromatic carbocycles. The lowest BCUT2D eigenvalue weighted by atomic mass is 10.1. The SMILES string of the molecule is CCc1nn(C)cc1C(=O)Nc1ccc(C#CCO)cc1. The molecule has 0 atom stereocenters. The van der Waals surface area contributed by atoms with Gasteiger partial charge in [-0.3, -0.25) is 9.48 Å². The summed E-state index contributed by atoms with van der Waals surface area (Å²) in [5.41, 5.74) is 2.85. The van der Waals surface area contributed by atoms with Gasteiger partial charge in [-0.05, 0) is 30.7 Å². The number of benzene rings is 1. The third-order valence-corrected chi connectivity index (χ3v) is 2.94. The van der Waals surface area contributed by atoms with Gasteiger partial charge in [-0.1, -0.05) is 18.8 Å². The van der Waals surface area contributed by atoms with Crippen molar-refractivity contribution < 1.29 is 9.90 Å². The van der Waals surface area contributed by atoms with Crippen LogP contribution < -0.4 is 5.32 Å². The third-order valence-electron chi connectivity index (χ3n) is 2.94. The van der Waals surface area contributed by atoms with Crippen LogP contribution in [0.25, 0.3) is 0 Å². The van der Waals surface area contributed by atoms with Crippen molar-refractivity contribution in [3.05, 3.63) is 47.3 Å². The number of amides is 1. The Morgan fingerprint density at radius 1 is 1.38 bits per heavy atom. The number of aliphatic hydroxyl groups is 1. The number of rotatable bonds is 3. The Bertz CT molecular complexity index is 691. The van der Waals surface area contributed by atoms with Crippen LogP contribution in [-0.4, -0.2) is 27.4 Å². The summed E-state index contributed by atoms with van der Waals surface area (Å²) in [5, 5.41) is 15.7. The van der Waals surface area contributed by atoms with Crippen molar-refractivity contribution in [3.8, 4) is 11.8 Å². The molecule has 0 bridgehead atoms. The molecule has 5 nitrogen and oxygen atoms in total. The number of hydrogen-bond donors (Lipinski definition) is 2. The van der Waals surface area contributed by atoms with Gasteiger partial charge in [0.2, 0.25) is 0 Å². The van der Waals surface area contributed by atoms with Gasteiger partial charge in [0.25, 0.3) is 5.91 Å². The molecule has 0 aliphatic heterocycles. The summed E-state index contributed by atoms with van der Waals surface area (Å²) in [6.07, 6.45) is 2.43. The Hall–Kier alpha value is -2.58. The summed E-state index contributed by atoms with van der Waals surface area (Å²) >= 11 is 0. The molecule has 1 heterocycles. The minimum atomic E-state index is -0.172. The van der Waals surface area contributed by atoms with E-state index in [2.05, 4.69) is 22.3 Å². The largest absolute Gasteiger partial charge is 0.384 e. The van der Waals surface area contributed by atoms with Gasteiger partial charge in [-0.15, -0.1) is 0 Å². The van der Waals surface area contributed by atoms with Gasteiger partial charge in [0.15, 0.2) is 0 Å². The van der Waals surface area contributed by atoms with Gasteiger partial charge in [0.05, 0.1) is 11.3 Å². The zero-order valence-corrected chi connectivity index (χ0v) is 12.1. The van der Waals surface area contributed by atoms with Crippen molar-refractivity contribution in [2.24, 2.45) is 7.05 Å². The smallest absolute Gasteiger partial charge is 0.259 e. The molecule has 0 aliphatic carbocycles. The first-order valence-corrected chi connectivity index (χ1v) is 6.67. The maximum Gasteiger partial charge on any atom is 0.259 e. The molecule has 5 heteroatoms. The summed E-state index contributed by atoms with van der Waals surface area (Å²) in [5.74, 6) is 5.21. The van der Waals surface area contributed by atoms with Crippen molar-refractivity contribution in [2.75, 3.05) is 11.9 Å². The fraction of sp³-hybridized carbons (Fsp3) is 0.250. The summed E-state index contributed by atoms with van der Waals surface area (Å²) < 4.78 is 1.64. The van der Waals surface area contributed by atoms with Gasteiger partial charge in [0.1, 0.15) is 6.61 Å². The van der Waals surface area contributed by atoms with Gasteiger partial charge in [-0.25, -0.2) is 0 Å². The first-order valence-electron chi connectivity index (χ1n) is 6.67. The highest BCUT2D eigenvalue weighted by atomic mass is 16.2. The van der Waals surface area contributed by atoms with E-state index in [1.54, 1.807) is 42.2 Å². The van der Waals surface area contributed by atoms with Crippen molar-refractivity contribution >= 4 is 11.6 Å². The summed E-state index contributed by atoms with van der Waals surface area (Å²) in [6.45, 7) is 1.80. The molecule has 0 fully saturated rings. The third kappa shape index (κ3) is 3.71. The molecule has 1 aromatic heterocycles. The quantitative estimate of drug-likeness (QED) is 0.840. The number of nitrogens with zero attached hydrogens (tertiary/aromatic N) is 2. The van der Waals surface area contributed by atoms with Crippen LogP contribution in [-0.2, 0) is 13.5 Å². The predicted molar refractivity (Wildman–Crippen MR) is 80.9 cm³/mol. The van der Waals surface area contributed by atoms with E-state index in [-0.39, 0.29) is 12.5 Å². The lowest BCUT2D eigenvalue weighted by Crippen LogP contribution is -2.13. The topological polar surface area (TPSA) is 67.2 Å². The fourth-order valence-electron chi connectivity index (χ4n) is 1.96. The first-order chi connectivity index (χ1) is 10.1. The zero-order chi connectivity index (χ0) is 15.2. The molecule has 2 rings (SSSR count). The van der Waals surface area contributed by atoms with Crippen LogP contribution in [0.2, 0.25) is 0 Å². The van der Waals surface area contributed by atoms with Crippen LogP contribution >= 0.6 is 0 Å². The molecule has 0 radical (unpaired) electrons. The summed E-state index contributed by atoms with van der Waals surface area (Å²) in [6, 6.07) is 7.15. The molecular formula is C16H17N3O2. The highest BCUT2D eigenvalue weighted by Gasteiger charge is 2.14. The number of aliphatic hydroxyl groups excluding tert-OH is 1. The first kappa shape index (κ1) is 14.8. The number of aromatic nitrogens is 2. The number of anilines is 1. The molecule has 0 spiro atoms. The zero-order valence-electron chi connectivity index (χ0n) is 12.1. The van der Waals surface area contributed by atoms with Crippen LogP contribution in [0.15, 0.2) is 30.5 Å². The van der Waals surface area contributed by atoms with E-state index < -0.39 is 0 Å². The normalized spacial score (nSPS) is 9.86. The molecule has 2 N–H and O–H groups in total. The Kier molecular flexibility index (Phi) is 4.75. The average molecular weight is 283 g/mol. The van der Waals surface area contributed by atoms with Crippen molar-refractivity contribution in [1.82, 2.24) is 9.78 Å². The Labute approximate surface area is 123 Å². The van der Waals surface area contributed by atoms with Crippen molar-refractivity contribution in [1.29, 1.82) is 0 Å².